The lowest BCUT2D eigenvalue weighted by Crippen LogP contribution is -2.27. The zero-order valence-corrected chi connectivity index (χ0v) is 23.3. The van der Waals surface area contributed by atoms with E-state index in [1.807, 2.05) is 32.2 Å². The second-order valence-corrected chi connectivity index (χ2v) is 10.6. The molecule has 1 amide bonds. The maximum Gasteiger partial charge on any atom is 0.254 e. The Bertz CT molecular complexity index is 1800. The van der Waals surface area contributed by atoms with Gasteiger partial charge >= 0.3 is 0 Å². The lowest BCUT2D eigenvalue weighted by Gasteiger charge is -2.22. The Morgan fingerprint density at radius 1 is 0.951 bits per heavy atom. The number of aromatic nitrogens is 7. The maximum absolute atomic E-state index is 13.7. The highest BCUT2D eigenvalue weighted by Crippen LogP contribution is 2.34. The first-order valence-electron chi connectivity index (χ1n) is 13.3. The monoisotopic (exact) mass is 566 g/mol. The number of fused-ring (bicyclic) bond motifs is 4. The van der Waals surface area contributed by atoms with Gasteiger partial charge in [0, 0.05) is 59.3 Å². The largest absolute Gasteiger partial charge is 0.323 e. The number of carbonyl (C=O) groups excluding carboxylic acids is 1. The molecular formula is C30H27ClN8O2. The molecule has 5 heterocycles. The van der Waals surface area contributed by atoms with Crippen LogP contribution in [0.3, 0.4) is 0 Å². The average Bonchev–Trinajstić information content (AvgIpc) is 3.34. The minimum Gasteiger partial charge on any atom is -0.323 e. The van der Waals surface area contributed by atoms with Crippen LogP contribution in [0.5, 0.6) is 0 Å². The fourth-order valence-electron chi connectivity index (χ4n) is 5.29. The number of pyridine rings is 1. The molecule has 2 unspecified atom stereocenters. The number of nitrogens with one attached hydrogen (secondary N) is 1. The predicted octanol–water partition coefficient (Wildman–Crippen LogP) is 5.16. The smallest absolute Gasteiger partial charge is 0.254 e. The zero-order chi connectivity index (χ0) is 28.5. The van der Waals surface area contributed by atoms with Crippen LogP contribution in [0.25, 0.3) is 33.6 Å². The Hall–Kier alpha value is -4.70. The molecule has 0 fully saturated rings. The lowest BCUT2D eigenvalue weighted by molar-refractivity contribution is -0.119. The van der Waals surface area contributed by atoms with Gasteiger partial charge in [0.1, 0.15) is 6.33 Å². The number of amides is 1. The van der Waals surface area contributed by atoms with Crippen LogP contribution < -0.4 is 10.9 Å². The first-order valence-corrected chi connectivity index (χ1v) is 13.7. The Kier molecular flexibility index (Phi) is 7.15. The number of halogens is 1. The summed E-state index contributed by atoms with van der Waals surface area (Å²) in [6.07, 6.45) is 11.8. The molecule has 0 saturated carbocycles. The molecule has 0 aliphatic carbocycles. The number of carbonyl (C=O) groups is 1. The summed E-state index contributed by atoms with van der Waals surface area (Å²) in [6, 6.07) is 10.4. The quantitative estimate of drug-likeness (QED) is 0.320. The van der Waals surface area contributed by atoms with E-state index in [1.165, 1.54) is 12.4 Å². The van der Waals surface area contributed by atoms with Crippen LogP contribution in [0, 0.1) is 5.92 Å². The van der Waals surface area contributed by atoms with Crippen molar-refractivity contribution in [3.05, 3.63) is 94.9 Å². The number of hydrogen-bond acceptors (Lipinski definition) is 7. The van der Waals surface area contributed by atoms with Crippen LogP contribution in [0.2, 0.25) is 5.02 Å². The molecule has 0 saturated heterocycles. The number of anilines is 1. The Morgan fingerprint density at radius 3 is 2.59 bits per heavy atom. The van der Waals surface area contributed by atoms with E-state index < -0.39 is 0 Å². The number of rotatable bonds is 3. The number of aryl methyl sites for hydroxylation is 1. The van der Waals surface area contributed by atoms with Crippen molar-refractivity contribution in [1.29, 1.82) is 0 Å². The summed E-state index contributed by atoms with van der Waals surface area (Å²) in [6.45, 7) is 1.91. The minimum atomic E-state index is -0.378. The van der Waals surface area contributed by atoms with Crippen molar-refractivity contribution in [2.45, 2.75) is 32.2 Å². The second kappa shape index (κ2) is 11.1. The van der Waals surface area contributed by atoms with E-state index in [9.17, 15) is 9.59 Å². The third kappa shape index (κ3) is 5.26. The van der Waals surface area contributed by atoms with Gasteiger partial charge in [-0.05, 0) is 42.7 Å². The van der Waals surface area contributed by atoms with Crippen LogP contribution in [-0.2, 0) is 11.8 Å². The van der Waals surface area contributed by atoms with Crippen LogP contribution in [-0.4, -0.2) is 40.2 Å². The van der Waals surface area contributed by atoms with E-state index in [4.69, 9.17) is 16.6 Å². The molecular weight excluding hydrogens is 540 g/mol. The fourth-order valence-corrected chi connectivity index (χ4v) is 5.46. The minimum absolute atomic E-state index is 0.0602. The van der Waals surface area contributed by atoms with Gasteiger partial charge in [0.25, 0.3) is 5.56 Å². The maximum atomic E-state index is 13.7. The summed E-state index contributed by atoms with van der Waals surface area (Å²) < 4.78 is 3.34. The number of benzene rings is 1. The molecule has 1 N–H and O–H groups in total. The molecule has 6 rings (SSSR count). The van der Waals surface area contributed by atoms with Crippen molar-refractivity contribution in [2.75, 3.05) is 5.32 Å². The van der Waals surface area contributed by atoms with E-state index in [1.54, 1.807) is 52.5 Å². The normalized spacial score (nSPS) is 17.2. The first kappa shape index (κ1) is 26.5. The van der Waals surface area contributed by atoms with E-state index in [0.717, 1.165) is 28.1 Å². The van der Waals surface area contributed by atoms with Crippen molar-refractivity contribution in [3.8, 4) is 33.6 Å². The summed E-state index contributed by atoms with van der Waals surface area (Å²) in [4.78, 5) is 44.2. The SMILES string of the molecule is CC1CCCC(n2cnc(-c3cc(Cl)ccc3-c3cncnc3)cc2=O)c2cc(ccn2)-c2c(cnn2C)NC1=O. The van der Waals surface area contributed by atoms with E-state index >= 15 is 0 Å². The highest BCUT2D eigenvalue weighted by Gasteiger charge is 2.24. The number of hydrogen-bond donors (Lipinski definition) is 1. The zero-order valence-electron chi connectivity index (χ0n) is 22.5. The molecule has 41 heavy (non-hydrogen) atoms. The van der Waals surface area contributed by atoms with Gasteiger partial charge in [0.15, 0.2) is 0 Å². The fraction of sp³-hybridized carbons (Fsp3) is 0.233. The van der Waals surface area contributed by atoms with Gasteiger partial charge in [-0.15, -0.1) is 0 Å². The van der Waals surface area contributed by atoms with E-state index in [-0.39, 0.29) is 23.4 Å². The van der Waals surface area contributed by atoms with Crippen LogP contribution in [0.1, 0.15) is 37.9 Å². The van der Waals surface area contributed by atoms with Crippen molar-refractivity contribution >= 4 is 23.2 Å². The predicted molar refractivity (Wildman–Crippen MR) is 156 cm³/mol. The molecule has 4 aromatic heterocycles. The van der Waals surface area contributed by atoms with Crippen LogP contribution in [0.15, 0.2) is 78.6 Å². The molecule has 1 aliphatic heterocycles. The third-order valence-electron chi connectivity index (χ3n) is 7.46. The molecule has 206 valence electrons. The van der Waals surface area contributed by atoms with Crippen molar-refractivity contribution in [1.82, 2.24) is 34.3 Å². The Morgan fingerprint density at radius 2 is 1.78 bits per heavy atom. The highest BCUT2D eigenvalue weighted by molar-refractivity contribution is 6.31. The second-order valence-electron chi connectivity index (χ2n) is 10.2. The molecule has 1 aromatic carbocycles. The molecule has 0 radical (unpaired) electrons. The van der Waals surface area contributed by atoms with Crippen molar-refractivity contribution in [3.63, 3.8) is 0 Å². The Labute approximate surface area is 241 Å². The summed E-state index contributed by atoms with van der Waals surface area (Å²) in [5.74, 6) is -0.273. The molecule has 11 heteroatoms. The molecule has 2 bridgehead atoms. The molecule has 10 nitrogen and oxygen atoms in total. The standard InChI is InChI=1S/C30H27ClN8O2/c1-18-4-3-5-27(25-10-19(8-9-34-25)29-26(37-30(18)41)15-36-38(29)2)39-17-35-24(12-28(39)40)23-11-21(31)6-7-22(23)20-13-32-16-33-14-20/h6-18,27H,3-5H2,1-2H3,(H,37,41). The van der Waals surface area contributed by atoms with Gasteiger partial charge < -0.3 is 5.32 Å². The highest BCUT2D eigenvalue weighted by atomic mass is 35.5. The average molecular weight is 567 g/mol. The Balaban J connectivity index is 1.44. The van der Waals surface area contributed by atoms with Gasteiger partial charge in [0.2, 0.25) is 5.91 Å². The summed E-state index contributed by atoms with van der Waals surface area (Å²) in [7, 11) is 1.83. The van der Waals surface area contributed by atoms with Gasteiger partial charge in [-0.25, -0.2) is 15.0 Å². The van der Waals surface area contributed by atoms with Gasteiger partial charge in [-0.3, -0.25) is 23.8 Å². The molecule has 5 aromatic rings. The number of nitrogens with zero attached hydrogens (tertiary/aromatic N) is 7. The van der Waals surface area contributed by atoms with Crippen molar-refractivity contribution in [2.24, 2.45) is 13.0 Å². The molecule has 0 spiro atoms. The summed E-state index contributed by atoms with van der Waals surface area (Å²) in [5.41, 5.74) is 5.58. The van der Waals surface area contributed by atoms with E-state index in [0.29, 0.717) is 41.2 Å². The van der Waals surface area contributed by atoms with Crippen LogP contribution in [0.4, 0.5) is 5.69 Å². The first-order chi connectivity index (χ1) is 19.9. The molecule has 2 atom stereocenters. The van der Waals surface area contributed by atoms with Gasteiger partial charge in [-0.1, -0.05) is 31.0 Å². The van der Waals surface area contributed by atoms with Crippen LogP contribution >= 0.6 is 11.6 Å². The third-order valence-corrected chi connectivity index (χ3v) is 7.69. The van der Waals surface area contributed by atoms with Gasteiger partial charge in [0.05, 0.1) is 41.3 Å². The lowest BCUT2D eigenvalue weighted by atomic mass is 9.96. The molecule has 1 aliphatic rings. The van der Waals surface area contributed by atoms with E-state index in [2.05, 4.69) is 25.4 Å². The summed E-state index contributed by atoms with van der Waals surface area (Å²) in [5, 5.41) is 7.92. The van der Waals surface area contributed by atoms with Gasteiger partial charge in [-0.2, -0.15) is 5.10 Å². The van der Waals surface area contributed by atoms with Crippen molar-refractivity contribution < 1.29 is 4.79 Å². The topological polar surface area (TPSA) is 120 Å². The summed E-state index contributed by atoms with van der Waals surface area (Å²) >= 11 is 6.35.